The van der Waals surface area contributed by atoms with Gasteiger partial charge in [-0.2, -0.15) is 0 Å². The number of anilines is 1. The molecule has 0 spiro atoms. The van der Waals surface area contributed by atoms with Gasteiger partial charge in [-0.15, -0.1) is 0 Å². The molecule has 60 valence electrons. The van der Waals surface area contributed by atoms with Crippen molar-refractivity contribution in [3.05, 3.63) is 30.1 Å². The van der Waals surface area contributed by atoms with Crippen LogP contribution in [0.25, 0.3) is 0 Å². The maximum atomic E-state index is 12.6. The minimum atomic E-state index is -2.78. The SMILES string of the molecule is O=[SH](=O)Nc1ccccc1F. The second-order valence-electron chi connectivity index (χ2n) is 1.85. The Kier molecular flexibility index (Phi) is 2.43. The van der Waals surface area contributed by atoms with Gasteiger partial charge >= 0.3 is 0 Å². The topological polar surface area (TPSA) is 46.2 Å². The fraction of sp³-hybridized carbons (Fsp3) is 0. The van der Waals surface area contributed by atoms with Crippen molar-refractivity contribution >= 4 is 16.6 Å². The Hall–Kier alpha value is -1.10. The molecule has 0 amide bonds. The number of thiol groups is 1. The second kappa shape index (κ2) is 3.34. The molecule has 0 aliphatic carbocycles. The molecule has 1 rings (SSSR count). The van der Waals surface area contributed by atoms with Crippen LogP contribution in [-0.4, -0.2) is 8.42 Å². The highest BCUT2D eigenvalue weighted by atomic mass is 32.2. The molecule has 0 fully saturated rings. The molecule has 1 aromatic rings. The largest absolute Gasteiger partial charge is 0.283 e. The molecule has 1 N–H and O–H groups in total. The lowest BCUT2D eigenvalue weighted by atomic mass is 10.3. The van der Waals surface area contributed by atoms with Crippen molar-refractivity contribution in [3.8, 4) is 0 Å². The second-order valence-corrected chi connectivity index (χ2v) is 2.59. The van der Waals surface area contributed by atoms with Crippen LogP contribution in [0.1, 0.15) is 0 Å². The lowest BCUT2D eigenvalue weighted by molar-refractivity contribution is 0.614. The highest BCUT2D eigenvalue weighted by molar-refractivity contribution is 7.73. The first kappa shape index (κ1) is 8.00. The van der Waals surface area contributed by atoms with Crippen LogP contribution in [0.4, 0.5) is 10.1 Å². The van der Waals surface area contributed by atoms with Gasteiger partial charge in [-0.05, 0) is 12.1 Å². The number of rotatable bonds is 2. The molecule has 0 saturated heterocycles. The molecule has 0 atom stereocenters. The number of hydrogen-bond donors (Lipinski definition) is 2. The maximum Gasteiger partial charge on any atom is 0.222 e. The van der Waals surface area contributed by atoms with E-state index < -0.39 is 16.7 Å². The van der Waals surface area contributed by atoms with E-state index in [4.69, 9.17) is 0 Å². The zero-order chi connectivity index (χ0) is 8.27. The summed E-state index contributed by atoms with van der Waals surface area (Å²) in [5.41, 5.74) is -0.0244. The Morgan fingerprint density at radius 3 is 2.45 bits per heavy atom. The fourth-order valence-electron chi connectivity index (χ4n) is 0.650. The van der Waals surface area contributed by atoms with Crippen molar-refractivity contribution in [2.75, 3.05) is 4.72 Å². The van der Waals surface area contributed by atoms with Crippen LogP contribution >= 0.6 is 0 Å². The number of nitrogens with one attached hydrogen (secondary N) is 1. The summed E-state index contributed by atoms with van der Waals surface area (Å²) in [5, 5.41) is 0. The van der Waals surface area contributed by atoms with Crippen LogP contribution in [0.5, 0.6) is 0 Å². The number of hydrogen-bond acceptors (Lipinski definition) is 2. The summed E-state index contributed by atoms with van der Waals surface area (Å²) in [4.78, 5) is 0. The van der Waals surface area contributed by atoms with E-state index in [-0.39, 0.29) is 5.69 Å². The van der Waals surface area contributed by atoms with Crippen LogP contribution in [0.2, 0.25) is 0 Å². The van der Waals surface area contributed by atoms with E-state index in [0.717, 1.165) is 0 Å². The molecule has 3 nitrogen and oxygen atoms in total. The fourth-order valence-corrected chi connectivity index (χ4v) is 1.03. The van der Waals surface area contributed by atoms with Gasteiger partial charge in [-0.3, -0.25) is 4.72 Å². The van der Waals surface area contributed by atoms with Crippen LogP contribution in [0.3, 0.4) is 0 Å². The smallest absolute Gasteiger partial charge is 0.222 e. The molecule has 0 saturated carbocycles. The zero-order valence-corrected chi connectivity index (χ0v) is 6.35. The van der Waals surface area contributed by atoms with E-state index in [2.05, 4.69) is 0 Å². The van der Waals surface area contributed by atoms with Gasteiger partial charge in [0.1, 0.15) is 5.82 Å². The van der Waals surface area contributed by atoms with Gasteiger partial charge in [0, 0.05) is 0 Å². The third kappa shape index (κ3) is 2.19. The van der Waals surface area contributed by atoms with Crippen molar-refractivity contribution in [1.29, 1.82) is 0 Å². The Balaban J connectivity index is 2.94. The summed E-state index contributed by atoms with van der Waals surface area (Å²) >= 11 is 0. The maximum absolute atomic E-state index is 12.6. The van der Waals surface area contributed by atoms with E-state index >= 15 is 0 Å². The summed E-state index contributed by atoms with van der Waals surface area (Å²) in [6.45, 7) is 0. The predicted molar refractivity (Wildman–Crippen MR) is 40.3 cm³/mol. The van der Waals surface area contributed by atoms with Gasteiger partial charge in [0.2, 0.25) is 10.9 Å². The van der Waals surface area contributed by atoms with Crippen molar-refractivity contribution in [3.63, 3.8) is 0 Å². The van der Waals surface area contributed by atoms with Crippen LogP contribution in [0, 0.1) is 5.82 Å². The number of para-hydroxylation sites is 1. The lowest BCUT2D eigenvalue weighted by Gasteiger charge is -1.97. The first-order valence-corrected chi connectivity index (χ1v) is 4.03. The van der Waals surface area contributed by atoms with E-state index in [0.29, 0.717) is 0 Å². The molecule has 5 heteroatoms. The Labute approximate surface area is 64.9 Å². The Bertz CT molecular complexity index is 316. The summed E-state index contributed by atoms with van der Waals surface area (Å²) < 4.78 is 34.7. The summed E-state index contributed by atoms with van der Waals surface area (Å²) in [5.74, 6) is -0.577. The van der Waals surface area contributed by atoms with E-state index in [9.17, 15) is 12.8 Å². The number of benzene rings is 1. The summed E-state index contributed by atoms with van der Waals surface area (Å²) in [7, 11) is -2.78. The monoisotopic (exact) mass is 175 g/mol. The Morgan fingerprint density at radius 2 is 1.91 bits per heavy atom. The van der Waals surface area contributed by atoms with E-state index in [1.807, 2.05) is 4.72 Å². The summed E-state index contributed by atoms with van der Waals surface area (Å²) in [6.07, 6.45) is 0. The average molecular weight is 175 g/mol. The normalized spacial score (nSPS) is 10.0. The molecule has 0 unspecified atom stereocenters. The van der Waals surface area contributed by atoms with Crippen molar-refractivity contribution in [2.24, 2.45) is 0 Å². The molecule has 0 heterocycles. The van der Waals surface area contributed by atoms with Crippen LogP contribution < -0.4 is 4.72 Å². The van der Waals surface area contributed by atoms with Gasteiger partial charge in [0.05, 0.1) is 5.69 Å². The van der Waals surface area contributed by atoms with Crippen LogP contribution in [-0.2, 0) is 10.9 Å². The molecule has 0 radical (unpaired) electrons. The van der Waals surface area contributed by atoms with Gasteiger partial charge in [0.25, 0.3) is 0 Å². The molecule has 1 aromatic carbocycles. The first-order valence-electron chi connectivity index (χ1n) is 2.86. The predicted octanol–water partition coefficient (Wildman–Crippen LogP) is 0.764. The molecule has 0 bridgehead atoms. The van der Waals surface area contributed by atoms with Crippen molar-refractivity contribution in [1.82, 2.24) is 0 Å². The van der Waals surface area contributed by atoms with E-state index in [1.165, 1.54) is 18.2 Å². The van der Waals surface area contributed by atoms with Crippen molar-refractivity contribution in [2.45, 2.75) is 0 Å². The average Bonchev–Trinajstić information content (AvgIpc) is 1.93. The highest BCUT2D eigenvalue weighted by Gasteiger charge is 1.97. The van der Waals surface area contributed by atoms with Gasteiger partial charge in [-0.1, -0.05) is 12.1 Å². The van der Waals surface area contributed by atoms with Gasteiger partial charge < -0.3 is 0 Å². The molecule has 0 aliphatic heterocycles. The molecular weight excluding hydrogens is 169 g/mol. The Morgan fingerprint density at radius 1 is 1.27 bits per heavy atom. The lowest BCUT2D eigenvalue weighted by Crippen LogP contribution is -1.96. The first-order chi connectivity index (χ1) is 5.20. The van der Waals surface area contributed by atoms with Gasteiger partial charge in [-0.25, -0.2) is 12.8 Å². The van der Waals surface area contributed by atoms with Gasteiger partial charge in [0.15, 0.2) is 0 Å². The summed E-state index contributed by atoms with van der Waals surface area (Å²) in [6, 6.07) is 5.56. The standard InChI is InChI=1S/C6H6FNO2S/c7-5-3-1-2-4-6(5)8-11(9)10/h1-4,11H,(H,8,9,10). The van der Waals surface area contributed by atoms with Crippen molar-refractivity contribution < 1.29 is 12.8 Å². The number of halogens is 1. The minimum Gasteiger partial charge on any atom is -0.283 e. The van der Waals surface area contributed by atoms with Crippen LogP contribution in [0.15, 0.2) is 24.3 Å². The molecular formula is C6H6FNO2S. The third-order valence-electron chi connectivity index (χ3n) is 1.09. The quantitative estimate of drug-likeness (QED) is 0.652. The molecule has 0 aliphatic rings. The highest BCUT2D eigenvalue weighted by Crippen LogP contribution is 2.11. The zero-order valence-electron chi connectivity index (χ0n) is 5.45. The third-order valence-corrected chi connectivity index (χ3v) is 1.51. The molecule has 11 heavy (non-hydrogen) atoms. The minimum absolute atomic E-state index is 0.0244. The van der Waals surface area contributed by atoms with E-state index in [1.54, 1.807) is 6.07 Å². The molecule has 0 aromatic heterocycles.